The Morgan fingerprint density at radius 3 is 2.74 bits per heavy atom. The second-order valence-corrected chi connectivity index (χ2v) is 7.54. The zero-order valence-electron chi connectivity index (χ0n) is 14.7. The van der Waals surface area contributed by atoms with E-state index in [1.54, 1.807) is 0 Å². The number of aromatic nitrogens is 2. The molecule has 13 heteroatoms. The minimum Gasteiger partial charge on any atom is -0.387 e. The van der Waals surface area contributed by atoms with E-state index in [1.807, 2.05) is 4.98 Å². The maximum Gasteiger partial charge on any atom is 0.472 e. The van der Waals surface area contributed by atoms with Crippen LogP contribution in [-0.2, 0) is 23.1 Å². The van der Waals surface area contributed by atoms with Gasteiger partial charge in [-0.15, -0.1) is 0 Å². The molecular formula is C14H22FN2O9P. The van der Waals surface area contributed by atoms with E-state index < -0.39 is 49.8 Å². The summed E-state index contributed by atoms with van der Waals surface area (Å²) in [5, 5.41) is 10.1. The van der Waals surface area contributed by atoms with E-state index >= 15 is 0 Å². The average Bonchev–Trinajstić information content (AvgIpc) is 2.80. The number of phosphoric ester groups is 1. The lowest BCUT2D eigenvalue weighted by Gasteiger charge is -2.24. The van der Waals surface area contributed by atoms with Crippen LogP contribution in [0.5, 0.6) is 0 Å². The lowest BCUT2D eigenvalue weighted by Crippen LogP contribution is -2.43. The molecule has 1 fully saturated rings. The van der Waals surface area contributed by atoms with Crippen molar-refractivity contribution in [3.8, 4) is 0 Å². The van der Waals surface area contributed by atoms with Crippen molar-refractivity contribution in [2.45, 2.75) is 37.4 Å². The molecule has 0 bridgehead atoms. The number of aromatic amines is 1. The first kappa shape index (κ1) is 21.9. The van der Waals surface area contributed by atoms with E-state index in [9.17, 15) is 28.5 Å². The smallest absolute Gasteiger partial charge is 0.387 e. The Hall–Kier alpha value is -1.40. The van der Waals surface area contributed by atoms with E-state index in [4.69, 9.17) is 18.5 Å². The van der Waals surface area contributed by atoms with Gasteiger partial charge in [-0.3, -0.25) is 23.4 Å². The maximum atomic E-state index is 14.9. The summed E-state index contributed by atoms with van der Waals surface area (Å²) in [5.74, 6) is 0. The van der Waals surface area contributed by atoms with Gasteiger partial charge in [0.25, 0.3) is 5.56 Å². The molecule has 11 nitrogen and oxygen atoms in total. The maximum absolute atomic E-state index is 14.9. The van der Waals surface area contributed by atoms with Gasteiger partial charge in [0, 0.05) is 26.0 Å². The van der Waals surface area contributed by atoms with Crippen LogP contribution in [0.15, 0.2) is 21.9 Å². The third-order valence-corrected chi connectivity index (χ3v) is 4.95. The van der Waals surface area contributed by atoms with Crippen molar-refractivity contribution in [1.29, 1.82) is 0 Å². The van der Waals surface area contributed by atoms with Gasteiger partial charge in [0.2, 0.25) is 0 Å². The van der Waals surface area contributed by atoms with Crippen molar-refractivity contribution < 1.29 is 37.5 Å². The highest BCUT2D eigenvalue weighted by Gasteiger charge is 2.55. The fourth-order valence-corrected chi connectivity index (χ4v) is 3.32. The number of aliphatic hydroxyl groups excluding tert-OH is 1. The van der Waals surface area contributed by atoms with Crippen LogP contribution in [0.4, 0.5) is 4.39 Å². The van der Waals surface area contributed by atoms with E-state index in [-0.39, 0.29) is 6.61 Å². The molecule has 0 radical (unpaired) electrons. The van der Waals surface area contributed by atoms with Gasteiger partial charge in [0.1, 0.15) is 12.2 Å². The fourth-order valence-electron chi connectivity index (χ4n) is 2.55. The number of methoxy groups -OCH3 is 1. The number of nitrogens with one attached hydrogen (secondary N) is 1. The lowest BCUT2D eigenvalue weighted by atomic mass is 9.98. The zero-order valence-corrected chi connectivity index (χ0v) is 15.6. The van der Waals surface area contributed by atoms with Crippen molar-refractivity contribution in [3.05, 3.63) is 33.1 Å². The van der Waals surface area contributed by atoms with Crippen LogP contribution in [0.25, 0.3) is 0 Å². The Morgan fingerprint density at radius 2 is 2.11 bits per heavy atom. The van der Waals surface area contributed by atoms with Gasteiger partial charge in [-0.2, -0.15) is 0 Å². The van der Waals surface area contributed by atoms with Crippen molar-refractivity contribution in [2.75, 3.05) is 26.9 Å². The molecule has 1 saturated heterocycles. The second kappa shape index (κ2) is 8.74. The van der Waals surface area contributed by atoms with Crippen molar-refractivity contribution in [1.82, 2.24) is 9.55 Å². The number of aliphatic hydroxyl groups is 1. The summed E-state index contributed by atoms with van der Waals surface area (Å²) in [7, 11) is -2.98. The van der Waals surface area contributed by atoms with Gasteiger partial charge < -0.3 is 19.5 Å². The summed E-state index contributed by atoms with van der Waals surface area (Å²) in [5.41, 5.74) is -4.05. The molecule has 1 aromatic rings. The van der Waals surface area contributed by atoms with Crippen LogP contribution in [0.3, 0.4) is 0 Å². The molecule has 1 aliphatic heterocycles. The number of ether oxygens (including phenoxy) is 2. The highest BCUT2D eigenvalue weighted by Crippen LogP contribution is 2.46. The quantitative estimate of drug-likeness (QED) is 0.367. The molecule has 0 amide bonds. The molecule has 0 spiro atoms. The lowest BCUT2D eigenvalue weighted by molar-refractivity contribution is -0.0612. The Morgan fingerprint density at radius 1 is 1.41 bits per heavy atom. The first-order valence-corrected chi connectivity index (χ1v) is 9.53. The molecule has 2 rings (SSSR count). The SMILES string of the molecule is COCCCOP(=O)(O)OCC1OC(n2ccc(=O)[nH]c2=O)C(C)(F)C1O. The molecule has 1 aromatic heterocycles. The Balaban J connectivity index is 2.04. The number of rotatable bonds is 9. The Bertz CT molecular complexity index is 795. The molecule has 0 saturated carbocycles. The number of alkyl halides is 1. The number of halogens is 1. The summed E-state index contributed by atoms with van der Waals surface area (Å²) in [6.45, 7) is 0.555. The summed E-state index contributed by atoms with van der Waals surface area (Å²) in [4.78, 5) is 34.5. The molecule has 0 aromatic carbocycles. The largest absolute Gasteiger partial charge is 0.472 e. The standard InChI is InChI=1S/C14H22FN2O9P/c1-14(15)11(19)9(8-25-27(21,22)24-7-3-6-23-2)26-12(14)17-5-4-10(18)16-13(17)20/h4-5,9,11-12,19H,3,6-8H2,1-2H3,(H,21,22)(H,16,18,20). The first-order chi connectivity index (χ1) is 12.6. The molecule has 154 valence electrons. The van der Waals surface area contributed by atoms with Crippen LogP contribution < -0.4 is 11.2 Å². The summed E-state index contributed by atoms with van der Waals surface area (Å²) in [6.07, 6.45) is -3.32. The molecule has 5 unspecified atom stereocenters. The second-order valence-electron chi connectivity index (χ2n) is 6.08. The highest BCUT2D eigenvalue weighted by atomic mass is 31.2. The third-order valence-electron chi connectivity index (χ3n) is 3.97. The molecule has 5 atom stereocenters. The molecular weight excluding hydrogens is 390 g/mol. The van der Waals surface area contributed by atoms with Crippen molar-refractivity contribution in [3.63, 3.8) is 0 Å². The Kier molecular flexibility index (Phi) is 7.09. The number of phosphoric acid groups is 1. The topological polar surface area (TPSA) is 149 Å². The molecule has 0 aliphatic carbocycles. The fraction of sp³-hybridized carbons (Fsp3) is 0.714. The van der Waals surface area contributed by atoms with Gasteiger partial charge in [-0.25, -0.2) is 13.8 Å². The minimum atomic E-state index is -4.45. The third kappa shape index (κ3) is 5.32. The van der Waals surface area contributed by atoms with Crippen LogP contribution in [0, 0.1) is 0 Å². The minimum absolute atomic E-state index is 0.105. The van der Waals surface area contributed by atoms with Crippen molar-refractivity contribution >= 4 is 7.82 Å². The molecule has 27 heavy (non-hydrogen) atoms. The number of nitrogens with zero attached hydrogens (tertiary/aromatic N) is 1. The van der Waals surface area contributed by atoms with Gasteiger partial charge in [0.05, 0.1) is 13.2 Å². The van der Waals surface area contributed by atoms with E-state index in [1.165, 1.54) is 7.11 Å². The Labute approximate surface area is 153 Å². The van der Waals surface area contributed by atoms with Crippen LogP contribution >= 0.6 is 7.82 Å². The van der Waals surface area contributed by atoms with Gasteiger partial charge in [0.15, 0.2) is 11.9 Å². The molecule has 2 heterocycles. The summed E-state index contributed by atoms with van der Waals surface area (Å²) >= 11 is 0. The molecule has 3 N–H and O–H groups in total. The monoisotopic (exact) mass is 412 g/mol. The van der Waals surface area contributed by atoms with E-state index in [0.717, 1.165) is 23.8 Å². The van der Waals surface area contributed by atoms with Crippen molar-refractivity contribution in [2.24, 2.45) is 0 Å². The normalized spacial score (nSPS) is 30.3. The number of hydrogen-bond donors (Lipinski definition) is 3. The van der Waals surface area contributed by atoms with E-state index in [2.05, 4.69) is 0 Å². The van der Waals surface area contributed by atoms with E-state index in [0.29, 0.717) is 13.0 Å². The van der Waals surface area contributed by atoms with Crippen LogP contribution in [0.2, 0.25) is 0 Å². The molecule has 1 aliphatic rings. The van der Waals surface area contributed by atoms with Crippen LogP contribution in [-0.4, -0.2) is 64.4 Å². The highest BCUT2D eigenvalue weighted by molar-refractivity contribution is 7.47. The predicted octanol–water partition coefficient (Wildman–Crippen LogP) is -0.307. The first-order valence-electron chi connectivity index (χ1n) is 8.03. The summed E-state index contributed by atoms with van der Waals surface area (Å²) in [6, 6.07) is 0.993. The average molecular weight is 412 g/mol. The van der Waals surface area contributed by atoms with Gasteiger partial charge in [-0.05, 0) is 13.3 Å². The summed E-state index contributed by atoms with van der Waals surface area (Å²) < 4.78 is 47.0. The predicted molar refractivity (Wildman–Crippen MR) is 89.0 cm³/mol. The zero-order chi connectivity index (χ0) is 20.2. The van der Waals surface area contributed by atoms with Gasteiger partial charge >= 0.3 is 13.5 Å². The number of H-pyrrole nitrogens is 1. The van der Waals surface area contributed by atoms with Crippen LogP contribution in [0.1, 0.15) is 19.6 Å². The number of hydrogen-bond acceptors (Lipinski definition) is 8. The van der Waals surface area contributed by atoms with Gasteiger partial charge in [-0.1, -0.05) is 0 Å².